The van der Waals surface area contributed by atoms with Gasteiger partial charge in [-0.1, -0.05) is 60.1 Å². The zero-order chi connectivity index (χ0) is 28.6. The summed E-state index contributed by atoms with van der Waals surface area (Å²) in [5.74, 6) is 0.191. The number of hydrogen-bond acceptors (Lipinski definition) is 5. The van der Waals surface area contributed by atoms with Crippen LogP contribution in [0.3, 0.4) is 0 Å². The number of allylic oxidation sites excluding steroid dienone is 1. The van der Waals surface area contributed by atoms with Gasteiger partial charge in [0.05, 0.1) is 19.3 Å². The van der Waals surface area contributed by atoms with Crippen LogP contribution >= 0.6 is 0 Å². The third-order valence-electron chi connectivity index (χ3n) is 14.1. The molecular formula is C34H54O5. The number of esters is 1. The van der Waals surface area contributed by atoms with Crippen molar-refractivity contribution in [3.05, 3.63) is 11.6 Å². The van der Waals surface area contributed by atoms with Gasteiger partial charge in [-0.3, -0.25) is 4.79 Å². The number of methoxy groups -OCH3 is 1. The molecule has 6 rings (SSSR count). The third kappa shape index (κ3) is 3.33. The lowest BCUT2D eigenvalue weighted by atomic mass is 9.32. The van der Waals surface area contributed by atoms with Crippen LogP contribution < -0.4 is 0 Å². The van der Waals surface area contributed by atoms with Crippen LogP contribution in [0.15, 0.2) is 11.6 Å². The molecule has 0 aromatic rings. The highest BCUT2D eigenvalue weighted by Crippen LogP contribution is 2.77. The molecule has 0 aromatic heterocycles. The van der Waals surface area contributed by atoms with Gasteiger partial charge in [0.15, 0.2) is 5.79 Å². The summed E-state index contributed by atoms with van der Waals surface area (Å²) in [5, 5.41) is 11.1. The number of ether oxygens (including phenoxy) is 3. The molecule has 0 amide bonds. The van der Waals surface area contributed by atoms with Gasteiger partial charge >= 0.3 is 5.97 Å². The standard InChI is InChI=1S/C34H54O5/c1-28(2)17-18-34(27(36)37-10)21(19-28)20-11-12-23-31(7)15-14-24(35)29(3,4)22(31)13-16-32(23,8)33(20,9)25-26(34)39-30(5,6)38-25/h11,21-26,35H,12-19H2,1-10H3/t21-,22-,23+,24-,25-,26+,31-,32+,33-,34+/m0/s1. The van der Waals surface area contributed by atoms with Gasteiger partial charge in [-0.2, -0.15) is 0 Å². The van der Waals surface area contributed by atoms with Gasteiger partial charge in [0, 0.05) is 5.41 Å². The Labute approximate surface area is 236 Å². The predicted octanol–water partition coefficient (Wildman–Crippen LogP) is 7.06. The zero-order valence-corrected chi connectivity index (χ0v) is 26.3. The van der Waals surface area contributed by atoms with Crippen molar-refractivity contribution >= 4 is 5.97 Å². The van der Waals surface area contributed by atoms with E-state index in [4.69, 9.17) is 14.2 Å². The van der Waals surface area contributed by atoms with Gasteiger partial charge in [0.25, 0.3) is 0 Å². The summed E-state index contributed by atoms with van der Waals surface area (Å²) >= 11 is 0. The minimum atomic E-state index is -0.756. The molecular weight excluding hydrogens is 488 g/mol. The Morgan fingerprint density at radius 2 is 1.56 bits per heavy atom. The maximum atomic E-state index is 14.0. The molecule has 0 unspecified atom stereocenters. The van der Waals surface area contributed by atoms with Crippen molar-refractivity contribution in [3.63, 3.8) is 0 Å². The number of rotatable bonds is 1. The molecule has 1 aliphatic heterocycles. The van der Waals surface area contributed by atoms with E-state index in [1.54, 1.807) is 7.11 Å². The topological polar surface area (TPSA) is 65.0 Å². The fraction of sp³-hybridized carbons (Fsp3) is 0.912. The molecule has 10 atom stereocenters. The third-order valence-corrected chi connectivity index (χ3v) is 14.1. The Kier molecular flexibility index (Phi) is 5.88. The van der Waals surface area contributed by atoms with Gasteiger partial charge in [0.1, 0.15) is 11.5 Å². The van der Waals surface area contributed by atoms with E-state index in [1.807, 2.05) is 13.8 Å². The van der Waals surface area contributed by atoms with Crippen LogP contribution in [0.25, 0.3) is 0 Å². The van der Waals surface area contributed by atoms with Crippen LogP contribution in [0, 0.1) is 50.2 Å². The fourth-order valence-corrected chi connectivity index (χ4v) is 11.9. The molecule has 220 valence electrons. The smallest absolute Gasteiger partial charge is 0.315 e. The van der Waals surface area contributed by atoms with Crippen molar-refractivity contribution in [2.45, 2.75) is 138 Å². The summed E-state index contributed by atoms with van der Waals surface area (Å²) in [6.07, 6.45) is 9.74. The number of aliphatic hydroxyl groups is 1. The Balaban J connectivity index is 1.55. The number of hydrogen-bond donors (Lipinski definition) is 1. The number of carbonyl (C=O) groups excluding carboxylic acids is 1. The van der Waals surface area contributed by atoms with Gasteiger partial charge in [-0.05, 0) is 105 Å². The molecule has 5 nitrogen and oxygen atoms in total. The highest BCUT2D eigenvalue weighted by atomic mass is 16.8. The summed E-state index contributed by atoms with van der Waals surface area (Å²) in [7, 11) is 1.55. The second-order valence-electron chi connectivity index (χ2n) is 17.0. The summed E-state index contributed by atoms with van der Waals surface area (Å²) in [5.41, 5.74) is 0.686. The zero-order valence-electron chi connectivity index (χ0n) is 26.3. The predicted molar refractivity (Wildman–Crippen MR) is 152 cm³/mol. The molecule has 0 aromatic carbocycles. The lowest BCUT2D eigenvalue weighted by molar-refractivity contribution is -0.233. The largest absolute Gasteiger partial charge is 0.468 e. The van der Waals surface area contributed by atoms with E-state index in [2.05, 4.69) is 54.5 Å². The quantitative estimate of drug-likeness (QED) is 0.284. The average molecular weight is 543 g/mol. The molecule has 0 radical (unpaired) electrons. The molecule has 5 heteroatoms. The lowest BCUT2D eigenvalue weighted by Crippen LogP contribution is -2.72. The van der Waals surface area contributed by atoms with Crippen LogP contribution in [-0.2, 0) is 19.0 Å². The number of aliphatic hydroxyl groups excluding tert-OH is 1. The normalized spacial score (nSPS) is 52.7. The van der Waals surface area contributed by atoms with Crippen LogP contribution in [0.5, 0.6) is 0 Å². The van der Waals surface area contributed by atoms with Crippen molar-refractivity contribution in [3.8, 4) is 0 Å². The van der Waals surface area contributed by atoms with Crippen molar-refractivity contribution in [1.82, 2.24) is 0 Å². The first-order valence-corrected chi connectivity index (χ1v) is 15.7. The van der Waals surface area contributed by atoms with Gasteiger partial charge in [-0.25, -0.2) is 0 Å². The van der Waals surface area contributed by atoms with Crippen molar-refractivity contribution < 1.29 is 24.1 Å². The summed E-state index contributed by atoms with van der Waals surface area (Å²) in [4.78, 5) is 14.0. The molecule has 4 saturated carbocycles. The Morgan fingerprint density at radius 1 is 0.897 bits per heavy atom. The Hall–Kier alpha value is -0.910. The second kappa shape index (κ2) is 8.13. The first-order chi connectivity index (χ1) is 17.9. The molecule has 0 spiro atoms. The van der Waals surface area contributed by atoms with E-state index in [-0.39, 0.29) is 57.3 Å². The van der Waals surface area contributed by atoms with Crippen LogP contribution in [0.2, 0.25) is 0 Å². The van der Waals surface area contributed by atoms with Crippen LogP contribution in [0.4, 0.5) is 0 Å². The molecule has 1 saturated heterocycles. The van der Waals surface area contributed by atoms with Gasteiger partial charge in [-0.15, -0.1) is 0 Å². The van der Waals surface area contributed by atoms with E-state index < -0.39 is 11.2 Å². The van der Waals surface area contributed by atoms with Crippen molar-refractivity contribution in [1.29, 1.82) is 0 Å². The molecule has 1 heterocycles. The van der Waals surface area contributed by atoms with E-state index in [0.717, 1.165) is 51.4 Å². The van der Waals surface area contributed by atoms with E-state index >= 15 is 0 Å². The second-order valence-corrected chi connectivity index (χ2v) is 17.0. The Bertz CT molecular complexity index is 1090. The molecule has 5 fully saturated rings. The minimum Gasteiger partial charge on any atom is -0.468 e. The van der Waals surface area contributed by atoms with Gasteiger partial charge < -0.3 is 19.3 Å². The Morgan fingerprint density at radius 3 is 2.23 bits per heavy atom. The first kappa shape index (κ1) is 28.2. The molecule has 39 heavy (non-hydrogen) atoms. The highest BCUT2D eigenvalue weighted by molar-refractivity contribution is 5.80. The number of fused-ring (bicyclic) bond motifs is 10. The number of carbonyl (C=O) groups is 1. The first-order valence-electron chi connectivity index (χ1n) is 15.7. The summed E-state index contributed by atoms with van der Waals surface area (Å²) in [6.45, 7) is 20.9. The van der Waals surface area contributed by atoms with Gasteiger partial charge in [0.2, 0.25) is 0 Å². The lowest BCUT2D eigenvalue weighted by Gasteiger charge is -2.72. The maximum absolute atomic E-state index is 14.0. The summed E-state index contributed by atoms with van der Waals surface area (Å²) < 4.78 is 19.5. The fourth-order valence-electron chi connectivity index (χ4n) is 11.9. The van der Waals surface area contributed by atoms with Crippen LogP contribution in [0.1, 0.15) is 114 Å². The molecule has 1 N–H and O–H groups in total. The molecule has 5 aliphatic carbocycles. The summed E-state index contributed by atoms with van der Waals surface area (Å²) in [6, 6.07) is 0. The molecule has 0 bridgehead atoms. The van der Waals surface area contributed by atoms with Crippen molar-refractivity contribution in [2.24, 2.45) is 50.2 Å². The minimum absolute atomic E-state index is 0.00271. The average Bonchev–Trinajstić information content (AvgIpc) is 3.18. The SMILES string of the molecule is COC(=O)[C@]12CCC(C)(C)C[C@H]1C1=CC[C@@H]3[C@@]4(C)CC[C@H](O)C(C)(C)[C@@H]4CC[C@@]3(C)[C@]1(C)[C@H]1OC(C)(C)O[C@H]12. The van der Waals surface area contributed by atoms with E-state index in [9.17, 15) is 9.90 Å². The van der Waals surface area contributed by atoms with Crippen molar-refractivity contribution in [2.75, 3.05) is 7.11 Å². The highest BCUT2D eigenvalue weighted by Gasteiger charge is 2.77. The van der Waals surface area contributed by atoms with E-state index in [1.165, 1.54) is 5.57 Å². The van der Waals surface area contributed by atoms with Crippen LogP contribution in [-0.4, -0.2) is 42.3 Å². The monoisotopic (exact) mass is 542 g/mol. The molecule has 6 aliphatic rings. The van der Waals surface area contributed by atoms with E-state index in [0.29, 0.717) is 11.8 Å². The maximum Gasteiger partial charge on any atom is 0.315 e.